The van der Waals surface area contributed by atoms with Crippen molar-refractivity contribution in [3.8, 4) is 11.8 Å². The maximum Gasteiger partial charge on any atom is 0.238 e. The van der Waals surface area contributed by atoms with E-state index in [0.717, 1.165) is 43.9 Å². The van der Waals surface area contributed by atoms with Gasteiger partial charge in [0.25, 0.3) is 0 Å². The van der Waals surface area contributed by atoms with Crippen LogP contribution < -0.4 is 10.1 Å². The molecule has 34 heavy (non-hydrogen) atoms. The van der Waals surface area contributed by atoms with Crippen molar-refractivity contribution in [3.63, 3.8) is 0 Å². The lowest BCUT2D eigenvalue weighted by Crippen LogP contribution is -2.55. The molecule has 2 fully saturated rings. The first-order valence-electron chi connectivity index (χ1n) is 11.5. The predicted molar refractivity (Wildman–Crippen MR) is 129 cm³/mol. The number of hydrogen-bond acceptors (Lipinski definition) is 7. The van der Waals surface area contributed by atoms with E-state index in [4.69, 9.17) is 10.00 Å². The van der Waals surface area contributed by atoms with Crippen molar-refractivity contribution in [2.75, 3.05) is 44.4 Å². The summed E-state index contributed by atoms with van der Waals surface area (Å²) in [5, 5.41) is 11.8. The molecular formula is C25H30N4O4S. The average molecular weight is 483 g/mol. The van der Waals surface area contributed by atoms with Crippen LogP contribution in [-0.2, 0) is 14.6 Å². The molecule has 2 aromatic carbocycles. The summed E-state index contributed by atoms with van der Waals surface area (Å²) in [6.07, 6.45) is 2.71. The predicted octanol–water partition coefficient (Wildman–Crippen LogP) is 2.52. The van der Waals surface area contributed by atoms with Crippen LogP contribution in [0.3, 0.4) is 0 Å². The summed E-state index contributed by atoms with van der Waals surface area (Å²) >= 11 is 0. The van der Waals surface area contributed by atoms with Crippen LogP contribution in [0.4, 0.5) is 5.69 Å². The van der Waals surface area contributed by atoms with Crippen LogP contribution in [0.15, 0.2) is 53.4 Å². The molecule has 180 valence electrons. The summed E-state index contributed by atoms with van der Waals surface area (Å²) in [5.74, 6) is 0.796. The van der Waals surface area contributed by atoms with Gasteiger partial charge in [-0.3, -0.25) is 14.6 Å². The number of benzene rings is 2. The van der Waals surface area contributed by atoms with Crippen LogP contribution in [0.5, 0.6) is 5.75 Å². The largest absolute Gasteiger partial charge is 0.497 e. The first-order chi connectivity index (χ1) is 16.4. The molecule has 0 aliphatic carbocycles. The number of nitriles is 1. The Hall–Kier alpha value is -2.93. The number of carbonyl (C=O) groups excluding carboxylic acids is 1. The van der Waals surface area contributed by atoms with Gasteiger partial charge in [-0.15, -0.1) is 0 Å². The third-order valence-electron chi connectivity index (χ3n) is 6.62. The Kier molecular flexibility index (Phi) is 7.51. The van der Waals surface area contributed by atoms with E-state index in [9.17, 15) is 13.2 Å². The average Bonchev–Trinajstić information content (AvgIpc) is 3.07. The van der Waals surface area contributed by atoms with Gasteiger partial charge in [0.15, 0.2) is 9.84 Å². The number of rotatable bonds is 9. The molecule has 0 aromatic heterocycles. The molecule has 2 heterocycles. The third-order valence-corrected chi connectivity index (χ3v) is 8.44. The van der Waals surface area contributed by atoms with Crippen molar-refractivity contribution in [1.82, 2.24) is 9.80 Å². The lowest BCUT2D eigenvalue weighted by atomic mass is 10.1. The summed E-state index contributed by atoms with van der Waals surface area (Å²) in [4.78, 5) is 17.4. The maximum absolute atomic E-state index is 12.7. The van der Waals surface area contributed by atoms with E-state index in [-0.39, 0.29) is 16.6 Å². The van der Waals surface area contributed by atoms with Crippen molar-refractivity contribution in [2.24, 2.45) is 0 Å². The number of likely N-dealkylation sites (tertiary alicyclic amines) is 1. The Morgan fingerprint density at radius 2 is 1.74 bits per heavy atom. The lowest BCUT2D eigenvalue weighted by molar-refractivity contribution is -0.118. The Balaban J connectivity index is 1.25. The number of anilines is 1. The van der Waals surface area contributed by atoms with Gasteiger partial charge >= 0.3 is 0 Å². The van der Waals surface area contributed by atoms with Gasteiger partial charge in [0, 0.05) is 30.9 Å². The number of fused-ring (bicyclic) bond motifs is 2. The number of ether oxygens (including phenoxy) is 1. The number of nitrogens with one attached hydrogen (secondary N) is 1. The fourth-order valence-corrected chi connectivity index (χ4v) is 6.24. The Labute approximate surface area is 201 Å². The molecule has 0 radical (unpaired) electrons. The molecule has 9 heteroatoms. The molecular weight excluding hydrogens is 452 g/mol. The van der Waals surface area contributed by atoms with Crippen LogP contribution in [-0.4, -0.2) is 75.3 Å². The quantitative estimate of drug-likeness (QED) is 0.586. The third kappa shape index (κ3) is 5.76. The Morgan fingerprint density at radius 1 is 1.09 bits per heavy atom. The SMILES string of the molecule is COc1ccc(NC(=O)CN2CC3CCC(C2)N3CCCS(=O)(=O)c2ccc(C#N)cc2)cc1. The molecule has 1 N–H and O–H groups in total. The normalized spacial score (nSPS) is 20.6. The summed E-state index contributed by atoms with van der Waals surface area (Å²) in [5.41, 5.74) is 1.20. The molecule has 2 atom stereocenters. The Morgan fingerprint density at radius 3 is 2.32 bits per heavy atom. The molecule has 2 aliphatic heterocycles. The zero-order chi connectivity index (χ0) is 24.1. The fourth-order valence-electron chi connectivity index (χ4n) is 4.94. The van der Waals surface area contributed by atoms with E-state index in [0.29, 0.717) is 30.6 Å². The van der Waals surface area contributed by atoms with Gasteiger partial charge in [0.2, 0.25) is 5.91 Å². The highest BCUT2D eigenvalue weighted by Crippen LogP contribution is 2.30. The number of carbonyl (C=O) groups is 1. The van der Waals surface area contributed by atoms with Gasteiger partial charge in [-0.2, -0.15) is 5.26 Å². The smallest absolute Gasteiger partial charge is 0.238 e. The molecule has 2 unspecified atom stereocenters. The summed E-state index contributed by atoms with van der Waals surface area (Å²) in [6.45, 7) is 2.71. The zero-order valence-electron chi connectivity index (χ0n) is 19.3. The van der Waals surface area contributed by atoms with Gasteiger partial charge < -0.3 is 10.1 Å². The highest BCUT2D eigenvalue weighted by Gasteiger charge is 2.39. The molecule has 0 spiro atoms. The van der Waals surface area contributed by atoms with Gasteiger partial charge in [-0.25, -0.2) is 8.42 Å². The van der Waals surface area contributed by atoms with E-state index in [1.807, 2.05) is 30.3 Å². The van der Waals surface area contributed by atoms with E-state index in [2.05, 4.69) is 15.1 Å². The molecule has 2 saturated heterocycles. The van der Waals surface area contributed by atoms with Gasteiger partial charge in [0.05, 0.1) is 35.9 Å². The number of hydrogen-bond donors (Lipinski definition) is 1. The van der Waals surface area contributed by atoms with Crippen LogP contribution >= 0.6 is 0 Å². The van der Waals surface area contributed by atoms with E-state index in [1.165, 1.54) is 24.3 Å². The second-order valence-corrected chi connectivity index (χ2v) is 11.0. The summed E-state index contributed by atoms with van der Waals surface area (Å²) < 4.78 is 30.4. The second kappa shape index (κ2) is 10.6. The van der Waals surface area contributed by atoms with Crippen molar-refractivity contribution >= 4 is 21.4 Å². The zero-order valence-corrected chi connectivity index (χ0v) is 20.1. The number of piperazine rings is 1. The van der Waals surface area contributed by atoms with E-state index in [1.54, 1.807) is 7.11 Å². The molecule has 4 rings (SSSR count). The van der Waals surface area contributed by atoms with Crippen molar-refractivity contribution in [2.45, 2.75) is 36.2 Å². The van der Waals surface area contributed by atoms with E-state index < -0.39 is 9.84 Å². The van der Waals surface area contributed by atoms with Gasteiger partial charge in [-0.05, 0) is 74.3 Å². The van der Waals surface area contributed by atoms with Crippen LogP contribution in [0.25, 0.3) is 0 Å². The first kappa shape index (κ1) is 24.2. The molecule has 8 nitrogen and oxygen atoms in total. The molecule has 0 saturated carbocycles. The summed E-state index contributed by atoms with van der Waals surface area (Å²) in [7, 11) is -1.76. The summed E-state index contributed by atoms with van der Waals surface area (Å²) in [6, 6.07) is 16.1. The topological polar surface area (TPSA) is 103 Å². The monoisotopic (exact) mass is 482 g/mol. The van der Waals surface area contributed by atoms with Crippen LogP contribution in [0, 0.1) is 11.3 Å². The maximum atomic E-state index is 12.7. The van der Waals surface area contributed by atoms with Crippen LogP contribution in [0.1, 0.15) is 24.8 Å². The molecule has 2 aliphatic rings. The first-order valence-corrected chi connectivity index (χ1v) is 13.2. The lowest BCUT2D eigenvalue weighted by Gasteiger charge is -2.40. The van der Waals surface area contributed by atoms with Crippen molar-refractivity contribution < 1.29 is 17.9 Å². The molecule has 2 aromatic rings. The minimum atomic E-state index is -3.37. The molecule has 1 amide bonds. The van der Waals surface area contributed by atoms with Crippen molar-refractivity contribution in [3.05, 3.63) is 54.1 Å². The number of sulfone groups is 1. The van der Waals surface area contributed by atoms with Crippen molar-refractivity contribution in [1.29, 1.82) is 5.26 Å². The number of amides is 1. The van der Waals surface area contributed by atoms with Crippen LogP contribution in [0.2, 0.25) is 0 Å². The minimum Gasteiger partial charge on any atom is -0.497 e. The highest BCUT2D eigenvalue weighted by molar-refractivity contribution is 7.91. The highest BCUT2D eigenvalue weighted by atomic mass is 32.2. The number of nitrogens with zero attached hydrogens (tertiary/aromatic N) is 3. The Bertz CT molecular complexity index is 1130. The second-order valence-electron chi connectivity index (χ2n) is 8.90. The molecule has 2 bridgehead atoms. The fraction of sp³-hybridized carbons (Fsp3) is 0.440. The number of methoxy groups -OCH3 is 1. The standard InChI is InChI=1S/C25H30N4O4S/c1-33-23-9-5-20(6-10-23)27-25(30)18-28-16-21-7-8-22(17-28)29(21)13-2-14-34(31,32)24-11-3-19(15-26)4-12-24/h3-6,9-12,21-22H,2,7-8,13-14,16-18H2,1H3,(H,27,30). The minimum absolute atomic E-state index is 0.0356. The van der Waals surface area contributed by atoms with Gasteiger partial charge in [0.1, 0.15) is 5.75 Å². The van der Waals surface area contributed by atoms with E-state index >= 15 is 0 Å². The van der Waals surface area contributed by atoms with Gasteiger partial charge in [-0.1, -0.05) is 0 Å².